The van der Waals surface area contributed by atoms with Crippen molar-refractivity contribution >= 4 is 18.4 Å². The molecule has 2 fully saturated rings. The van der Waals surface area contributed by atoms with Gasteiger partial charge in [0.25, 0.3) is 0 Å². The zero-order chi connectivity index (χ0) is 9.26. The van der Waals surface area contributed by atoms with Crippen molar-refractivity contribution in [1.29, 1.82) is 0 Å². The predicted molar refractivity (Wildman–Crippen MR) is 56.5 cm³/mol. The zero-order valence-electron chi connectivity index (χ0n) is 8.49. The van der Waals surface area contributed by atoms with E-state index in [1.165, 1.54) is 12.8 Å². The third kappa shape index (κ3) is 2.39. The first kappa shape index (κ1) is 11.8. The Kier molecular flexibility index (Phi) is 4.20. The summed E-state index contributed by atoms with van der Waals surface area (Å²) in [5.74, 6) is 1.49. The Bertz CT molecular complexity index is 206. The Labute approximate surface area is 91.0 Å². The van der Waals surface area contributed by atoms with Gasteiger partial charge >= 0.3 is 5.97 Å². The molecule has 2 unspecified atom stereocenters. The quantitative estimate of drug-likeness (QED) is 0.726. The van der Waals surface area contributed by atoms with Gasteiger partial charge in [0.15, 0.2) is 0 Å². The van der Waals surface area contributed by atoms with Gasteiger partial charge in [-0.25, -0.2) is 0 Å². The number of carbonyl (C=O) groups is 1. The standard InChI is InChI=1S/C10H17NO2.ClH/c1-2-13-10(12)9-6-11-5-8(9)7-3-4-7;/h7-9,11H,2-6H2,1H3;1H. The van der Waals surface area contributed by atoms with E-state index in [0.717, 1.165) is 19.0 Å². The maximum absolute atomic E-state index is 11.5. The van der Waals surface area contributed by atoms with E-state index in [-0.39, 0.29) is 24.3 Å². The third-order valence-electron chi connectivity index (χ3n) is 3.08. The van der Waals surface area contributed by atoms with Crippen LogP contribution in [0.4, 0.5) is 0 Å². The van der Waals surface area contributed by atoms with Crippen molar-refractivity contribution in [1.82, 2.24) is 5.32 Å². The van der Waals surface area contributed by atoms with E-state index >= 15 is 0 Å². The van der Waals surface area contributed by atoms with Crippen LogP contribution in [0.3, 0.4) is 0 Å². The van der Waals surface area contributed by atoms with Crippen molar-refractivity contribution in [2.24, 2.45) is 17.8 Å². The summed E-state index contributed by atoms with van der Waals surface area (Å²) in [5.41, 5.74) is 0. The summed E-state index contributed by atoms with van der Waals surface area (Å²) in [6.07, 6.45) is 2.62. The molecule has 2 atom stereocenters. The minimum Gasteiger partial charge on any atom is -0.466 e. The van der Waals surface area contributed by atoms with Crippen LogP contribution in [0.2, 0.25) is 0 Å². The average molecular weight is 220 g/mol. The molecule has 0 aromatic heterocycles. The molecule has 0 amide bonds. The number of hydrogen-bond acceptors (Lipinski definition) is 3. The van der Waals surface area contributed by atoms with Crippen LogP contribution in [-0.4, -0.2) is 25.7 Å². The lowest BCUT2D eigenvalue weighted by atomic mass is 9.92. The molecule has 4 heteroatoms. The van der Waals surface area contributed by atoms with Gasteiger partial charge in [-0.15, -0.1) is 12.4 Å². The van der Waals surface area contributed by atoms with Crippen LogP contribution in [0.1, 0.15) is 19.8 Å². The van der Waals surface area contributed by atoms with Gasteiger partial charge in [0.2, 0.25) is 0 Å². The second-order valence-corrected chi connectivity index (χ2v) is 4.02. The van der Waals surface area contributed by atoms with E-state index < -0.39 is 0 Å². The molecule has 14 heavy (non-hydrogen) atoms. The highest BCUT2D eigenvalue weighted by atomic mass is 35.5. The van der Waals surface area contributed by atoms with Crippen LogP contribution in [0, 0.1) is 17.8 Å². The Hall–Kier alpha value is -0.280. The maximum atomic E-state index is 11.5. The average Bonchev–Trinajstić information content (AvgIpc) is 2.84. The number of ether oxygens (including phenoxy) is 1. The van der Waals surface area contributed by atoms with E-state index in [0.29, 0.717) is 12.5 Å². The van der Waals surface area contributed by atoms with Crippen LogP contribution in [0.5, 0.6) is 0 Å². The van der Waals surface area contributed by atoms with E-state index in [4.69, 9.17) is 4.74 Å². The van der Waals surface area contributed by atoms with Crippen molar-refractivity contribution < 1.29 is 9.53 Å². The first-order valence-electron chi connectivity index (χ1n) is 5.20. The summed E-state index contributed by atoms with van der Waals surface area (Å²) in [7, 11) is 0. The molecule has 0 spiro atoms. The van der Waals surface area contributed by atoms with Crippen molar-refractivity contribution in [3.63, 3.8) is 0 Å². The number of carbonyl (C=O) groups excluding carboxylic acids is 1. The summed E-state index contributed by atoms with van der Waals surface area (Å²) in [6, 6.07) is 0. The molecule has 0 bridgehead atoms. The van der Waals surface area contributed by atoms with Crippen LogP contribution in [0.15, 0.2) is 0 Å². The lowest BCUT2D eigenvalue weighted by molar-refractivity contribution is -0.148. The van der Waals surface area contributed by atoms with Gasteiger partial charge in [0.05, 0.1) is 12.5 Å². The molecule has 0 aromatic carbocycles. The van der Waals surface area contributed by atoms with Crippen molar-refractivity contribution in [2.45, 2.75) is 19.8 Å². The van der Waals surface area contributed by atoms with Crippen LogP contribution >= 0.6 is 12.4 Å². The van der Waals surface area contributed by atoms with Crippen LogP contribution in [0.25, 0.3) is 0 Å². The largest absolute Gasteiger partial charge is 0.466 e. The monoisotopic (exact) mass is 219 g/mol. The van der Waals surface area contributed by atoms with Crippen molar-refractivity contribution in [2.75, 3.05) is 19.7 Å². The summed E-state index contributed by atoms with van der Waals surface area (Å²) in [5, 5.41) is 3.28. The molecule has 1 aliphatic carbocycles. The van der Waals surface area contributed by atoms with Gasteiger partial charge in [-0.3, -0.25) is 4.79 Å². The predicted octanol–water partition coefficient (Wildman–Crippen LogP) is 1.22. The van der Waals surface area contributed by atoms with Crippen LogP contribution in [-0.2, 0) is 9.53 Å². The molecule has 2 rings (SSSR count). The summed E-state index contributed by atoms with van der Waals surface area (Å²) in [4.78, 5) is 11.5. The van der Waals surface area contributed by atoms with Gasteiger partial charge in [0.1, 0.15) is 0 Å². The van der Waals surface area contributed by atoms with Crippen molar-refractivity contribution in [3.8, 4) is 0 Å². The van der Waals surface area contributed by atoms with Gasteiger partial charge < -0.3 is 10.1 Å². The van der Waals surface area contributed by atoms with Gasteiger partial charge in [-0.05, 0) is 38.1 Å². The minimum atomic E-state index is 0. The number of rotatable bonds is 3. The lowest BCUT2D eigenvalue weighted by Gasteiger charge is -2.15. The molecular weight excluding hydrogens is 202 g/mol. The highest BCUT2D eigenvalue weighted by Crippen LogP contribution is 2.42. The molecule has 1 N–H and O–H groups in total. The third-order valence-corrected chi connectivity index (χ3v) is 3.08. The maximum Gasteiger partial charge on any atom is 0.310 e. The second-order valence-electron chi connectivity index (χ2n) is 4.02. The Morgan fingerprint density at radius 1 is 1.43 bits per heavy atom. The van der Waals surface area contributed by atoms with Crippen LogP contribution < -0.4 is 5.32 Å². The lowest BCUT2D eigenvalue weighted by Crippen LogP contribution is -2.26. The Morgan fingerprint density at radius 2 is 2.14 bits per heavy atom. The van der Waals surface area contributed by atoms with Gasteiger partial charge in [0, 0.05) is 6.54 Å². The highest BCUT2D eigenvalue weighted by molar-refractivity contribution is 5.85. The fraction of sp³-hybridized carbons (Fsp3) is 0.900. The molecule has 3 nitrogen and oxygen atoms in total. The number of esters is 1. The summed E-state index contributed by atoms with van der Waals surface area (Å²) in [6.45, 7) is 4.20. The number of halogens is 1. The Balaban J connectivity index is 0.000000980. The topological polar surface area (TPSA) is 38.3 Å². The number of hydrogen-bond donors (Lipinski definition) is 1. The first-order valence-corrected chi connectivity index (χ1v) is 5.20. The molecule has 1 aliphatic heterocycles. The highest BCUT2D eigenvalue weighted by Gasteiger charge is 2.43. The molecule has 0 radical (unpaired) electrons. The normalized spacial score (nSPS) is 30.9. The fourth-order valence-electron chi connectivity index (χ4n) is 2.23. The summed E-state index contributed by atoms with van der Waals surface area (Å²) >= 11 is 0. The SMILES string of the molecule is CCOC(=O)C1CNCC1C1CC1.Cl. The first-order chi connectivity index (χ1) is 6.33. The molecule has 2 aliphatic rings. The molecule has 1 saturated carbocycles. The van der Waals surface area contributed by atoms with Gasteiger partial charge in [-0.2, -0.15) is 0 Å². The van der Waals surface area contributed by atoms with E-state index in [1.807, 2.05) is 6.92 Å². The zero-order valence-corrected chi connectivity index (χ0v) is 9.31. The molecule has 0 aromatic rings. The van der Waals surface area contributed by atoms with Crippen molar-refractivity contribution in [3.05, 3.63) is 0 Å². The fourth-order valence-corrected chi connectivity index (χ4v) is 2.23. The molecular formula is C10H18ClNO2. The Morgan fingerprint density at radius 3 is 2.71 bits per heavy atom. The molecule has 82 valence electrons. The summed E-state index contributed by atoms with van der Waals surface area (Å²) < 4.78 is 5.06. The number of nitrogens with one attached hydrogen (secondary N) is 1. The molecule has 1 heterocycles. The van der Waals surface area contributed by atoms with Gasteiger partial charge in [-0.1, -0.05) is 0 Å². The smallest absolute Gasteiger partial charge is 0.310 e. The minimum absolute atomic E-state index is 0. The van der Waals surface area contributed by atoms with E-state index in [2.05, 4.69) is 5.32 Å². The van der Waals surface area contributed by atoms with E-state index in [1.54, 1.807) is 0 Å². The second kappa shape index (κ2) is 4.99. The van der Waals surface area contributed by atoms with E-state index in [9.17, 15) is 4.79 Å². The molecule has 1 saturated heterocycles.